The Hall–Kier alpha value is -2.96. The molecule has 0 aliphatic heterocycles. The Bertz CT molecular complexity index is 1130. The van der Waals surface area contributed by atoms with E-state index in [1.165, 1.54) is 0 Å². The smallest absolute Gasteiger partial charge is 0.264 e. The zero-order valence-corrected chi connectivity index (χ0v) is 18.3. The minimum Gasteiger partial charge on any atom is -0.326 e. The summed E-state index contributed by atoms with van der Waals surface area (Å²) in [6, 6.07) is 4.09. The van der Waals surface area contributed by atoms with Gasteiger partial charge in [0.25, 0.3) is 5.56 Å². The van der Waals surface area contributed by atoms with Gasteiger partial charge in [-0.2, -0.15) is 5.10 Å². The van der Waals surface area contributed by atoms with Crippen LogP contribution in [-0.4, -0.2) is 25.2 Å². The molecule has 29 heavy (non-hydrogen) atoms. The Morgan fingerprint density at radius 3 is 2.31 bits per heavy atom. The van der Waals surface area contributed by atoms with E-state index < -0.39 is 0 Å². The van der Waals surface area contributed by atoms with Crippen molar-refractivity contribution in [1.29, 1.82) is 0 Å². The number of anilines is 1. The molecule has 0 saturated heterocycles. The molecule has 1 aromatic carbocycles. The molecular formula is C22H29N5O2. The number of benzene rings is 1. The molecular weight excluding hydrogens is 366 g/mol. The third-order valence-electron chi connectivity index (χ3n) is 5.02. The van der Waals surface area contributed by atoms with Crippen molar-refractivity contribution in [3.8, 4) is 0 Å². The maximum Gasteiger partial charge on any atom is 0.264 e. The highest BCUT2D eigenvalue weighted by Gasteiger charge is 2.21. The number of hydrogen-bond donors (Lipinski definition) is 1. The summed E-state index contributed by atoms with van der Waals surface area (Å²) in [5, 5.41) is 7.80. The van der Waals surface area contributed by atoms with E-state index in [0.717, 1.165) is 22.4 Å². The number of amides is 1. The van der Waals surface area contributed by atoms with Crippen LogP contribution in [0.2, 0.25) is 0 Å². The van der Waals surface area contributed by atoms with Gasteiger partial charge in [0.15, 0.2) is 5.65 Å². The number of nitrogens with one attached hydrogen (secondary N) is 1. The maximum absolute atomic E-state index is 12.9. The molecule has 3 aromatic rings. The van der Waals surface area contributed by atoms with Crippen LogP contribution in [0.3, 0.4) is 0 Å². The van der Waals surface area contributed by atoms with Crippen LogP contribution in [0.4, 0.5) is 5.69 Å². The molecule has 7 nitrogen and oxygen atoms in total. The lowest BCUT2D eigenvalue weighted by Gasteiger charge is -2.20. The molecule has 0 spiro atoms. The largest absolute Gasteiger partial charge is 0.326 e. The lowest BCUT2D eigenvalue weighted by atomic mass is 10.1. The van der Waals surface area contributed by atoms with E-state index in [1.54, 1.807) is 22.4 Å². The van der Waals surface area contributed by atoms with Crippen molar-refractivity contribution in [2.75, 3.05) is 5.32 Å². The molecule has 0 bridgehead atoms. The summed E-state index contributed by atoms with van der Waals surface area (Å²) >= 11 is 0. The average Bonchev–Trinajstić information content (AvgIpc) is 3.02. The van der Waals surface area contributed by atoms with E-state index in [-0.39, 0.29) is 30.0 Å². The molecule has 0 unspecified atom stereocenters. The Balaban J connectivity index is 1.83. The zero-order chi connectivity index (χ0) is 21.5. The fourth-order valence-corrected chi connectivity index (χ4v) is 3.65. The van der Waals surface area contributed by atoms with Crippen LogP contribution in [0.25, 0.3) is 11.0 Å². The number of rotatable bonds is 4. The first kappa shape index (κ1) is 20.8. The number of carbonyl (C=O) groups excluding carboxylic acids is 1. The third-order valence-corrected chi connectivity index (χ3v) is 5.02. The first-order valence-electron chi connectivity index (χ1n) is 9.82. The van der Waals surface area contributed by atoms with Gasteiger partial charge < -0.3 is 5.32 Å². The second-order valence-corrected chi connectivity index (χ2v) is 8.65. The number of aryl methyl sites for hydroxylation is 4. The van der Waals surface area contributed by atoms with Crippen LogP contribution in [-0.2, 0) is 16.9 Å². The maximum atomic E-state index is 12.9. The number of aromatic nitrogens is 4. The second kappa shape index (κ2) is 7.46. The van der Waals surface area contributed by atoms with Crippen LogP contribution in [0, 0.1) is 27.7 Å². The normalized spacial score (nSPS) is 11.8. The van der Waals surface area contributed by atoms with Crippen LogP contribution < -0.4 is 10.9 Å². The Morgan fingerprint density at radius 1 is 1.10 bits per heavy atom. The lowest BCUT2D eigenvalue weighted by Crippen LogP contribution is -2.28. The van der Waals surface area contributed by atoms with Gasteiger partial charge in [-0.3, -0.25) is 14.2 Å². The molecule has 1 amide bonds. The summed E-state index contributed by atoms with van der Waals surface area (Å²) in [6.07, 6.45) is 1.75. The van der Waals surface area contributed by atoms with Gasteiger partial charge in [0.05, 0.1) is 11.7 Å². The van der Waals surface area contributed by atoms with Crippen molar-refractivity contribution in [1.82, 2.24) is 19.3 Å². The van der Waals surface area contributed by atoms with Gasteiger partial charge in [-0.1, -0.05) is 17.7 Å². The van der Waals surface area contributed by atoms with Gasteiger partial charge >= 0.3 is 0 Å². The van der Waals surface area contributed by atoms with Crippen LogP contribution in [0.15, 0.2) is 23.1 Å². The van der Waals surface area contributed by atoms with E-state index in [2.05, 4.69) is 15.4 Å². The van der Waals surface area contributed by atoms with E-state index in [1.807, 2.05) is 53.7 Å². The average molecular weight is 396 g/mol. The van der Waals surface area contributed by atoms with Gasteiger partial charge in [0, 0.05) is 18.7 Å². The number of nitrogens with zero attached hydrogens (tertiary/aromatic N) is 4. The van der Waals surface area contributed by atoms with Crippen LogP contribution in [0.1, 0.15) is 49.7 Å². The number of fused-ring (bicyclic) bond motifs is 1. The van der Waals surface area contributed by atoms with Gasteiger partial charge in [-0.05, 0) is 59.6 Å². The molecule has 1 N–H and O–H groups in total. The first-order valence-corrected chi connectivity index (χ1v) is 9.82. The van der Waals surface area contributed by atoms with Gasteiger partial charge in [0.1, 0.15) is 11.2 Å². The molecule has 2 heterocycles. The molecule has 0 saturated carbocycles. The lowest BCUT2D eigenvalue weighted by molar-refractivity contribution is -0.116. The summed E-state index contributed by atoms with van der Waals surface area (Å²) in [5.74, 6) is 0.445. The quantitative estimate of drug-likeness (QED) is 0.732. The Morgan fingerprint density at radius 2 is 1.72 bits per heavy atom. The van der Waals surface area contributed by atoms with Gasteiger partial charge in [-0.15, -0.1) is 0 Å². The van der Waals surface area contributed by atoms with Gasteiger partial charge in [0.2, 0.25) is 5.91 Å². The van der Waals surface area contributed by atoms with Crippen LogP contribution >= 0.6 is 0 Å². The topological polar surface area (TPSA) is 81.8 Å². The monoisotopic (exact) mass is 395 g/mol. The fraction of sp³-hybridized carbons (Fsp3) is 0.455. The third kappa shape index (κ3) is 4.09. The Kier molecular flexibility index (Phi) is 5.34. The van der Waals surface area contributed by atoms with Crippen molar-refractivity contribution < 1.29 is 4.79 Å². The minimum absolute atomic E-state index is 0.128. The molecule has 154 valence electrons. The Labute approximate surface area is 170 Å². The number of hydrogen-bond acceptors (Lipinski definition) is 4. The highest BCUT2D eigenvalue weighted by molar-refractivity contribution is 5.92. The fourth-order valence-electron chi connectivity index (χ4n) is 3.65. The molecule has 0 fully saturated rings. The summed E-state index contributed by atoms with van der Waals surface area (Å²) in [7, 11) is 0. The van der Waals surface area contributed by atoms with E-state index >= 15 is 0 Å². The van der Waals surface area contributed by atoms with Gasteiger partial charge in [-0.25, -0.2) is 9.67 Å². The first-order chi connectivity index (χ1) is 13.5. The molecule has 7 heteroatoms. The zero-order valence-electron chi connectivity index (χ0n) is 18.3. The standard InChI is InChI=1S/C22H29N5O2/c1-13-10-14(2)19(15(3)11-13)25-18(28)8-9-26-16(4)24-20-17(21(26)29)12-23-27(20)22(5,6)7/h10-12H,8-9H2,1-7H3,(H,25,28). The molecule has 3 rings (SSSR count). The van der Waals surface area contributed by atoms with E-state index in [0.29, 0.717) is 16.9 Å². The number of carbonyl (C=O) groups is 1. The minimum atomic E-state index is -0.274. The highest BCUT2D eigenvalue weighted by Crippen LogP contribution is 2.22. The summed E-state index contributed by atoms with van der Waals surface area (Å²) in [4.78, 5) is 30.1. The molecule has 0 radical (unpaired) electrons. The van der Waals surface area contributed by atoms with Crippen molar-refractivity contribution in [3.05, 3.63) is 51.2 Å². The predicted molar refractivity (Wildman–Crippen MR) is 115 cm³/mol. The second-order valence-electron chi connectivity index (χ2n) is 8.65. The van der Waals surface area contributed by atoms with Crippen molar-refractivity contribution in [2.24, 2.45) is 0 Å². The van der Waals surface area contributed by atoms with Crippen LogP contribution in [0.5, 0.6) is 0 Å². The highest BCUT2D eigenvalue weighted by atomic mass is 16.2. The summed E-state index contributed by atoms with van der Waals surface area (Å²) < 4.78 is 3.31. The van der Waals surface area contributed by atoms with Crippen molar-refractivity contribution in [3.63, 3.8) is 0 Å². The van der Waals surface area contributed by atoms with Crippen molar-refractivity contribution in [2.45, 2.75) is 67.0 Å². The molecule has 0 aliphatic carbocycles. The predicted octanol–water partition coefficient (Wildman–Crippen LogP) is 3.61. The van der Waals surface area contributed by atoms with E-state index in [9.17, 15) is 9.59 Å². The molecule has 0 atom stereocenters. The van der Waals surface area contributed by atoms with Crippen molar-refractivity contribution >= 4 is 22.6 Å². The SMILES string of the molecule is Cc1cc(C)c(NC(=O)CCn2c(C)nc3c(cnn3C(C)(C)C)c2=O)c(C)c1. The molecule has 0 aliphatic rings. The summed E-state index contributed by atoms with van der Waals surface area (Å²) in [5.41, 5.74) is 4.19. The van der Waals surface area contributed by atoms with E-state index in [4.69, 9.17) is 0 Å². The molecule has 2 aromatic heterocycles. The summed E-state index contributed by atoms with van der Waals surface area (Å²) in [6.45, 7) is 14.1.